The molecule has 18 heavy (non-hydrogen) atoms. The monoisotopic (exact) mass is 249 g/mol. The van der Waals surface area contributed by atoms with Crippen molar-refractivity contribution in [3.8, 4) is 11.8 Å². The summed E-state index contributed by atoms with van der Waals surface area (Å²) in [5, 5.41) is 19.5. The van der Waals surface area contributed by atoms with Gasteiger partial charge in [0.2, 0.25) is 0 Å². The Balaban J connectivity index is 2.66. The molecule has 0 radical (unpaired) electrons. The van der Waals surface area contributed by atoms with Crippen LogP contribution in [0.4, 0.5) is 5.69 Å². The first-order valence-electron chi connectivity index (χ1n) is 5.50. The lowest BCUT2D eigenvalue weighted by Gasteiger charge is -2.10. The first kappa shape index (κ1) is 13.9. The Morgan fingerprint density at radius 1 is 1.50 bits per heavy atom. The van der Waals surface area contributed by atoms with Gasteiger partial charge in [-0.25, -0.2) is 0 Å². The van der Waals surface area contributed by atoms with E-state index in [2.05, 4.69) is 0 Å². The van der Waals surface area contributed by atoms with Crippen LogP contribution in [0.25, 0.3) is 0 Å². The van der Waals surface area contributed by atoms with Crippen molar-refractivity contribution >= 4 is 5.69 Å². The summed E-state index contributed by atoms with van der Waals surface area (Å²) < 4.78 is 5.44. The molecule has 0 atom stereocenters. The number of rotatable bonds is 6. The van der Waals surface area contributed by atoms with E-state index in [1.54, 1.807) is 0 Å². The fourth-order valence-corrected chi connectivity index (χ4v) is 1.41. The van der Waals surface area contributed by atoms with E-state index in [4.69, 9.17) is 10.00 Å². The van der Waals surface area contributed by atoms with Gasteiger partial charge < -0.3 is 9.64 Å². The van der Waals surface area contributed by atoms with Gasteiger partial charge >= 0.3 is 0 Å². The number of benzene rings is 1. The Morgan fingerprint density at radius 3 is 2.78 bits per heavy atom. The number of ether oxygens (including phenoxy) is 1. The smallest absolute Gasteiger partial charge is 0.271 e. The maximum atomic E-state index is 10.6. The third-order valence-corrected chi connectivity index (χ3v) is 2.30. The number of nitriles is 1. The van der Waals surface area contributed by atoms with Gasteiger partial charge in [0.05, 0.1) is 11.5 Å². The van der Waals surface area contributed by atoms with E-state index in [0.717, 1.165) is 13.0 Å². The van der Waals surface area contributed by atoms with Crippen LogP contribution in [0.5, 0.6) is 5.75 Å². The summed E-state index contributed by atoms with van der Waals surface area (Å²) in [6.45, 7) is 1.36. The minimum absolute atomic E-state index is 0.104. The summed E-state index contributed by atoms with van der Waals surface area (Å²) in [6.07, 6.45) is 0.828. The predicted octanol–water partition coefficient (Wildman–Crippen LogP) is 1.80. The van der Waals surface area contributed by atoms with Crippen LogP contribution >= 0.6 is 0 Å². The minimum atomic E-state index is -0.531. The lowest BCUT2D eigenvalue weighted by molar-refractivity contribution is -0.384. The number of nitro benzene ring substituents is 1. The van der Waals surface area contributed by atoms with E-state index in [0.29, 0.717) is 12.4 Å². The second kappa shape index (κ2) is 6.57. The Kier molecular flexibility index (Phi) is 5.08. The van der Waals surface area contributed by atoms with E-state index in [-0.39, 0.29) is 11.3 Å². The van der Waals surface area contributed by atoms with Crippen LogP contribution in [0.2, 0.25) is 0 Å². The molecule has 0 aliphatic carbocycles. The van der Waals surface area contributed by atoms with E-state index in [1.807, 2.05) is 25.1 Å². The van der Waals surface area contributed by atoms with Crippen molar-refractivity contribution in [3.63, 3.8) is 0 Å². The highest BCUT2D eigenvalue weighted by molar-refractivity contribution is 5.50. The zero-order valence-electron chi connectivity index (χ0n) is 10.4. The molecule has 0 spiro atoms. The molecule has 96 valence electrons. The lowest BCUT2D eigenvalue weighted by atomic mass is 10.2. The summed E-state index contributed by atoms with van der Waals surface area (Å²) in [5.41, 5.74) is 0.0845. The molecule has 0 heterocycles. The summed E-state index contributed by atoms with van der Waals surface area (Å²) in [4.78, 5) is 12.1. The highest BCUT2D eigenvalue weighted by Gasteiger charge is 2.11. The molecule has 0 fully saturated rings. The van der Waals surface area contributed by atoms with Gasteiger partial charge in [0, 0.05) is 18.7 Å². The maximum absolute atomic E-state index is 10.6. The van der Waals surface area contributed by atoms with Gasteiger partial charge in [-0.05, 0) is 26.6 Å². The topological polar surface area (TPSA) is 79.4 Å². The zero-order chi connectivity index (χ0) is 13.5. The van der Waals surface area contributed by atoms with Gasteiger partial charge in [-0.15, -0.1) is 0 Å². The second-order valence-corrected chi connectivity index (χ2v) is 4.05. The fraction of sp³-hybridized carbons (Fsp3) is 0.417. The van der Waals surface area contributed by atoms with E-state index in [1.165, 1.54) is 18.2 Å². The van der Waals surface area contributed by atoms with Gasteiger partial charge in [0.25, 0.3) is 5.69 Å². The SMILES string of the molecule is CN(C)CCCOc1ccc([N+](=O)[O-])cc1C#N. The second-order valence-electron chi connectivity index (χ2n) is 4.05. The van der Waals surface area contributed by atoms with Crippen molar-refractivity contribution in [2.24, 2.45) is 0 Å². The van der Waals surface area contributed by atoms with Crippen LogP contribution in [-0.2, 0) is 0 Å². The van der Waals surface area contributed by atoms with E-state index < -0.39 is 4.92 Å². The van der Waals surface area contributed by atoms with Crippen molar-refractivity contribution < 1.29 is 9.66 Å². The Hall–Kier alpha value is -2.13. The molecule has 6 nitrogen and oxygen atoms in total. The molecule has 0 aliphatic rings. The molecule has 1 rings (SSSR count). The van der Waals surface area contributed by atoms with Crippen molar-refractivity contribution in [1.82, 2.24) is 4.90 Å². The Bertz CT molecular complexity index is 466. The normalized spacial score (nSPS) is 10.1. The molecular weight excluding hydrogens is 234 g/mol. The van der Waals surface area contributed by atoms with Crippen molar-refractivity contribution in [1.29, 1.82) is 5.26 Å². The number of hydrogen-bond donors (Lipinski definition) is 0. The van der Waals surface area contributed by atoms with Gasteiger partial charge in [-0.3, -0.25) is 10.1 Å². The molecule has 0 N–H and O–H groups in total. The lowest BCUT2D eigenvalue weighted by Crippen LogP contribution is -2.15. The molecule has 0 saturated carbocycles. The molecule has 0 aliphatic heterocycles. The van der Waals surface area contributed by atoms with Gasteiger partial charge in [0.15, 0.2) is 0 Å². The summed E-state index contributed by atoms with van der Waals surface area (Å²) >= 11 is 0. The van der Waals surface area contributed by atoms with Crippen LogP contribution < -0.4 is 4.74 Å². The number of nitro groups is 1. The van der Waals surface area contributed by atoms with Crippen LogP contribution in [0, 0.1) is 21.4 Å². The zero-order valence-corrected chi connectivity index (χ0v) is 10.4. The quantitative estimate of drug-likeness (QED) is 0.436. The summed E-state index contributed by atoms with van der Waals surface area (Å²) in [7, 11) is 3.93. The third-order valence-electron chi connectivity index (χ3n) is 2.30. The number of non-ortho nitro benzene ring substituents is 1. The molecule has 0 bridgehead atoms. The largest absolute Gasteiger partial charge is 0.492 e. The molecular formula is C12H15N3O3. The Labute approximate surface area is 106 Å². The van der Waals surface area contributed by atoms with Crippen LogP contribution in [0.1, 0.15) is 12.0 Å². The van der Waals surface area contributed by atoms with Crippen molar-refractivity contribution in [2.45, 2.75) is 6.42 Å². The predicted molar refractivity (Wildman–Crippen MR) is 66.5 cm³/mol. The average Bonchev–Trinajstić information content (AvgIpc) is 2.34. The van der Waals surface area contributed by atoms with Gasteiger partial charge in [-0.2, -0.15) is 5.26 Å². The third kappa shape index (κ3) is 4.03. The van der Waals surface area contributed by atoms with Crippen LogP contribution in [0.3, 0.4) is 0 Å². The fourth-order valence-electron chi connectivity index (χ4n) is 1.41. The van der Waals surface area contributed by atoms with Crippen molar-refractivity contribution in [2.75, 3.05) is 27.2 Å². The highest BCUT2D eigenvalue weighted by atomic mass is 16.6. The van der Waals surface area contributed by atoms with Gasteiger partial charge in [0.1, 0.15) is 17.4 Å². The van der Waals surface area contributed by atoms with Crippen LogP contribution in [0.15, 0.2) is 18.2 Å². The first-order chi connectivity index (χ1) is 8.54. The Morgan fingerprint density at radius 2 is 2.22 bits per heavy atom. The highest BCUT2D eigenvalue weighted by Crippen LogP contribution is 2.23. The van der Waals surface area contributed by atoms with E-state index in [9.17, 15) is 10.1 Å². The van der Waals surface area contributed by atoms with Crippen LogP contribution in [-0.4, -0.2) is 37.1 Å². The number of hydrogen-bond acceptors (Lipinski definition) is 5. The first-order valence-corrected chi connectivity index (χ1v) is 5.50. The standard InChI is InChI=1S/C12H15N3O3/c1-14(2)6-3-7-18-12-5-4-11(15(16)17)8-10(12)9-13/h4-5,8H,3,6-7H2,1-2H3. The van der Waals surface area contributed by atoms with E-state index >= 15 is 0 Å². The molecule has 6 heteroatoms. The molecule has 0 unspecified atom stereocenters. The molecule has 1 aromatic carbocycles. The summed E-state index contributed by atoms with van der Waals surface area (Å²) in [5.74, 6) is 0.391. The molecule has 1 aromatic rings. The minimum Gasteiger partial charge on any atom is -0.492 e. The van der Waals surface area contributed by atoms with Gasteiger partial charge in [-0.1, -0.05) is 0 Å². The van der Waals surface area contributed by atoms with Crippen molar-refractivity contribution in [3.05, 3.63) is 33.9 Å². The average molecular weight is 249 g/mol. The molecule has 0 amide bonds. The maximum Gasteiger partial charge on any atom is 0.271 e. The molecule has 0 aromatic heterocycles. The number of nitrogens with zero attached hydrogens (tertiary/aromatic N) is 3. The summed E-state index contributed by atoms with van der Waals surface area (Å²) in [6, 6.07) is 5.92. The molecule has 0 saturated heterocycles.